The first-order chi connectivity index (χ1) is 7.30. The van der Waals surface area contributed by atoms with Crippen LogP contribution in [0.1, 0.15) is 19.3 Å². The van der Waals surface area contributed by atoms with Crippen LogP contribution in [0.3, 0.4) is 0 Å². The van der Waals surface area contributed by atoms with Gasteiger partial charge in [0.25, 0.3) is 0 Å². The summed E-state index contributed by atoms with van der Waals surface area (Å²) >= 11 is 1.62. The molecule has 0 saturated carbocycles. The molecule has 0 bridgehead atoms. The van der Waals surface area contributed by atoms with Gasteiger partial charge in [-0.05, 0) is 50.5 Å². The van der Waals surface area contributed by atoms with Gasteiger partial charge in [0.1, 0.15) is 5.00 Å². The van der Waals surface area contributed by atoms with Crippen LogP contribution in [-0.4, -0.2) is 41.5 Å². The fraction of sp³-hybridized carbons (Fsp3) is 0.727. The smallest absolute Gasteiger partial charge is 0.112 e. The maximum atomic E-state index is 4.19. The molecule has 1 spiro atoms. The van der Waals surface area contributed by atoms with Crippen molar-refractivity contribution in [3.05, 3.63) is 12.3 Å². The summed E-state index contributed by atoms with van der Waals surface area (Å²) < 4.78 is 4.19. The third-order valence-corrected chi connectivity index (χ3v) is 4.82. The number of likely N-dealkylation sites (N-methyl/N-ethyl adjacent to an activating group) is 1. The van der Waals surface area contributed by atoms with Gasteiger partial charge >= 0.3 is 0 Å². The summed E-state index contributed by atoms with van der Waals surface area (Å²) in [5.41, 5.74) is 0.476. The standard InChI is InChI=1S/C11H17N3S/c1-13-7-2-4-11(13)5-8-14(9-11)10-3-6-12-15-10/h3,6H,2,4-5,7-9H2,1H3. The van der Waals surface area contributed by atoms with Crippen molar-refractivity contribution in [2.24, 2.45) is 0 Å². The van der Waals surface area contributed by atoms with E-state index < -0.39 is 0 Å². The maximum absolute atomic E-state index is 4.19. The second-order valence-corrected chi connectivity index (χ2v) is 5.58. The van der Waals surface area contributed by atoms with Gasteiger partial charge in [0.2, 0.25) is 0 Å². The predicted molar refractivity (Wildman–Crippen MR) is 63.5 cm³/mol. The highest BCUT2D eigenvalue weighted by molar-refractivity contribution is 7.10. The first-order valence-electron chi connectivity index (χ1n) is 5.67. The molecule has 4 heteroatoms. The third-order valence-electron chi connectivity index (χ3n) is 4.01. The SMILES string of the molecule is CN1CCCC12CCN(c1ccns1)C2. The molecule has 0 amide bonds. The molecule has 2 saturated heterocycles. The average molecular weight is 223 g/mol. The van der Waals surface area contributed by atoms with Crippen LogP contribution in [0.25, 0.3) is 0 Å². The highest BCUT2D eigenvalue weighted by Crippen LogP contribution is 2.38. The summed E-state index contributed by atoms with van der Waals surface area (Å²) in [5, 5.41) is 1.34. The Kier molecular flexibility index (Phi) is 2.21. The van der Waals surface area contributed by atoms with Gasteiger partial charge in [-0.25, -0.2) is 0 Å². The number of aromatic nitrogens is 1. The topological polar surface area (TPSA) is 19.4 Å². The molecule has 15 heavy (non-hydrogen) atoms. The van der Waals surface area contributed by atoms with Gasteiger partial charge in [0.05, 0.1) is 0 Å². The molecule has 1 aromatic heterocycles. The van der Waals surface area contributed by atoms with Crippen molar-refractivity contribution in [1.82, 2.24) is 9.27 Å². The van der Waals surface area contributed by atoms with Crippen molar-refractivity contribution < 1.29 is 0 Å². The molecule has 2 fully saturated rings. The van der Waals surface area contributed by atoms with Gasteiger partial charge in [-0.15, -0.1) is 0 Å². The quantitative estimate of drug-likeness (QED) is 0.724. The molecule has 1 atom stereocenters. The van der Waals surface area contributed by atoms with E-state index >= 15 is 0 Å². The van der Waals surface area contributed by atoms with Gasteiger partial charge < -0.3 is 4.90 Å². The van der Waals surface area contributed by atoms with Crippen molar-refractivity contribution in [1.29, 1.82) is 0 Å². The summed E-state index contributed by atoms with van der Waals surface area (Å²) in [5.74, 6) is 0. The number of anilines is 1. The summed E-state index contributed by atoms with van der Waals surface area (Å²) in [4.78, 5) is 5.06. The molecule has 0 N–H and O–H groups in total. The maximum Gasteiger partial charge on any atom is 0.112 e. The minimum Gasteiger partial charge on any atom is -0.360 e. The lowest BCUT2D eigenvalue weighted by molar-refractivity contribution is 0.198. The van der Waals surface area contributed by atoms with E-state index in [2.05, 4.69) is 27.3 Å². The Morgan fingerprint density at radius 2 is 2.33 bits per heavy atom. The van der Waals surface area contributed by atoms with Crippen molar-refractivity contribution >= 4 is 16.5 Å². The molecule has 3 heterocycles. The first kappa shape index (κ1) is 9.60. The van der Waals surface area contributed by atoms with E-state index in [9.17, 15) is 0 Å². The largest absolute Gasteiger partial charge is 0.360 e. The van der Waals surface area contributed by atoms with Crippen LogP contribution in [0.2, 0.25) is 0 Å². The van der Waals surface area contributed by atoms with Crippen molar-refractivity contribution in [3.63, 3.8) is 0 Å². The van der Waals surface area contributed by atoms with E-state index in [1.54, 1.807) is 11.5 Å². The Morgan fingerprint density at radius 1 is 1.40 bits per heavy atom. The Bertz CT molecular complexity index is 338. The normalized spacial score (nSPS) is 31.9. The summed E-state index contributed by atoms with van der Waals surface area (Å²) in [6.07, 6.45) is 5.97. The molecule has 3 nitrogen and oxygen atoms in total. The molecule has 0 aliphatic carbocycles. The number of nitrogens with zero attached hydrogens (tertiary/aromatic N) is 3. The molecule has 2 aliphatic rings. The zero-order valence-electron chi connectivity index (χ0n) is 9.15. The first-order valence-corrected chi connectivity index (χ1v) is 6.44. The Hall–Kier alpha value is -0.610. The highest BCUT2D eigenvalue weighted by atomic mass is 32.1. The lowest BCUT2D eigenvalue weighted by atomic mass is 9.96. The molecule has 1 aromatic rings. The van der Waals surface area contributed by atoms with Crippen LogP contribution in [0.15, 0.2) is 12.3 Å². The van der Waals surface area contributed by atoms with Crippen molar-refractivity contribution in [2.45, 2.75) is 24.8 Å². The van der Waals surface area contributed by atoms with E-state index in [0.717, 1.165) is 0 Å². The van der Waals surface area contributed by atoms with E-state index in [0.29, 0.717) is 5.54 Å². The van der Waals surface area contributed by atoms with Crippen LogP contribution in [0.5, 0.6) is 0 Å². The van der Waals surface area contributed by atoms with E-state index in [1.807, 2.05) is 6.20 Å². The van der Waals surface area contributed by atoms with Gasteiger partial charge in [-0.2, -0.15) is 4.37 Å². The fourth-order valence-corrected chi connectivity index (χ4v) is 3.63. The van der Waals surface area contributed by atoms with Gasteiger partial charge in [0.15, 0.2) is 0 Å². The Morgan fingerprint density at radius 3 is 3.00 bits per heavy atom. The van der Waals surface area contributed by atoms with Crippen LogP contribution in [0, 0.1) is 0 Å². The van der Waals surface area contributed by atoms with Crippen molar-refractivity contribution in [3.8, 4) is 0 Å². The minimum absolute atomic E-state index is 0.476. The van der Waals surface area contributed by atoms with Crippen LogP contribution in [-0.2, 0) is 0 Å². The van der Waals surface area contributed by atoms with Crippen molar-refractivity contribution in [2.75, 3.05) is 31.6 Å². The lowest BCUT2D eigenvalue weighted by Gasteiger charge is -2.31. The van der Waals surface area contributed by atoms with Gasteiger partial charge in [-0.3, -0.25) is 4.90 Å². The minimum atomic E-state index is 0.476. The Labute approximate surface area is 94.9 Å². The molecule has 0 radical (unpaired) electrons. The van der Waals surface area contributed by atoms with E-state index in [1.165, 1.54) is 43.9 Å². The number of rotatable bonds is 1. The number of likely N-dealkylation sites (tertiary alicyclic amines) is 1. The molecule has 1 unspecified atom stereocenters. The number of hydrogen-bond acceptors (Lipinski definition) is 4. The molecular weight excluding hydrogens is 206 g/mol. The lowest BCUT2D eigenvalue weighted by Crippen LogP contribution is -2.43. The summed E-state index contributed by atoms with van der Waals surface area (Å²) in [6.45, 7) is 3.68. The highest BCUT2D eigenvalue weighted by Gasteiger charge is 2.44. The van der Waals surface area contributed by atoms with Gasteiger partial charge in [0, 0.05) is 24.8 Å². The molecule has 82 valence electrons. The van der Waals surface area contributed by atoms with E-state index in [4.69, 9.17) is 0 Å². The summed E-state index contributed by atoms with van der Waals surface area (Å²) in [7, 11) is 2.28. The summed E-state index contributed by atoms with van der Waals surface area (Å²) in [6, 6.07) is 2.14. The number of hydrogen-bond donors (Lipinski definition) is 0. The van der Waals surface area contributed by atoms with Gasteiger partial charge in [-0.1, -0.05) is 0 Å². The second-order valence-electron chi connectivity index (χ2n) is 4.77. The van der Waals surface area contributed by atoms with Crippen LogP contribution in [0.4, 0.5) is 5.00 Å². The third kappa shape index (κ3) is 1.47. The average Bonchev–Trinajstić information content (AvgIpc) is 2.92. The molecule has 3 rings (SSSR count). The van der Waals surface area contributed by atoms with E-state index in [-0.39, 0.29) is 0 Å². The molecule has 0 aromatic carbocycles. The van der Waals surface area contributed by atoms with Crippen LogP contribution < -0.4 is 4.90 Å². The monoisotopic (exact) mass is 223 g/mol. The van der Waals surface area contributed by atoms with Crippen LogP contribution >= 0.6 is 11.5 Å². The predicted octanol–water partition coefficient (Wildman–Crippen LogP) is 1.82. The second kappa shape index (κ2) is 3.46. The Balaban J connectivity index is 1.78. The molecular formula is C11H17N3S. The zero-order valence-corrected chi connectivity index (χ0v) is 9.96. The molecule has 2 aliphatic heterocycles. The zero-order chi connectivity index (χ0) is 10.3. The fourth-order valence-electron chi connectivity index (χ4n) is 3.01.